The zero-order chi connectivity index (χ0) is 20.5. The molecule has 0 aliphatic carbocycles. The van der Waals surface area contributed by atoms with Gasteiger partial charge in [0.2, 0.25) is 0 Å². The average Bonchev–Trinajstić information content (AvgIpc) is 2.69. The van der Waals surface area contributed by atoms with Gasteiger partial charge in [-0.3, -0.25) is 0 Å². The molecular formula is C20H18Cl4O4. The van der Waals surface area contributed by atoms with Gasteiger partial charge in [-0.1, -0.05) is 59.1 Å². The van der Waals surface area contributed by atoms with E-state index in [1.165, 1.54) is 6.26 Å². The lowest BCUT2D eigenvalue weighted by Gasteiger charge is -2.13. The van der Waals surface area contributed by atoms with E-state index in [0.717, 1.165) is 0 Å². The van der Waals surface area contributed by atoms with Crippen LogP contribution in [0.2, 0.25) is 20.1 Å². The highest BCUT2D eigenvalue weighted by Gasteiger charge is 2.12. The van der Waals surface area contributed by atoms with Gasteiger partial charge in [-0.2, -0.15) is 0 Å². The number of rotatable bonds is 10. The minimum absolute atomic E-state index is 0.164. The third kappa shape index (κ3) is 5.97. The van der Waals surface area contributed by atoms with E-state index in [9.17, 15) is 5.11 Å². The number of aliphatic hydroxyl groups is 1. The standard InChI is InChI=1S/C20H18Cl4O4/c1-2-8-27-18-7-5-16(22)20(24)14(18)12-26-9-3-10-28-17-6-4-15(21)19(23)13(17)11-25/h2-7,9,25H,1,8,10-12H2. The first-order chi connectivity index (χ1) is 13.5. The van der Waals surface area contributed by atoms with Crippen LogP contribution >= 0.6 is 46.4 Å². The van der Waals surface area contributed by atoms with Gasteiger partial charge in [-0.15, -0.1) is 0 Å². The normalized spacial score (nSPS) is 10.9. The molecule has 150 valence electrons. The molecule has 0 atom stereocenters. The summed E-state index contributed by atoms with van der Waals surface area (Å²) in [4.78, 5) is 0. The number of ether oxygens (including phenoxy) is 3. The van der Waals surface area contributed by atoms with Crippen molar-refractivity contribution < 1.29 is 19.3 Å². The average molecular weight is 464 g/mol. The van der Waals surface area contributed by atoms with E-state index in [0.29, 0.717) is 44.3 Å². The van der Waals surface area contributed by atoms with Crippen LogP contribution in [0.4, 0.5) is 0 Å². The van der Waals surface area contributed by atoms with Gasteiger partial charge in [0.05, 0.1) is 38.5 Å². The largest absolute Gasteiger partial charge is 0.497 e. The van der Waals surface area contributed by atoms with Crippen molar-refractivity contribution >= 4 is 46.4 Å². The second-order valence-electron chi connectivity index (χ2n) is 5.43. The molecule has 0 radical (unpaired) electrons. The monoisotopic (exact) mass is 462 g/mol. The summed E-state index contributed by atoms with van der Waals surface area (Å²) in [5.41, 5.74) is 1.06. The highest BCUT2D eigenvalue weighted by atomic mass is 35.5. The molecule has 28 heavy (non-hydrogen) atoms. The molecule has 0 aliphatic rings. The van der Waals surface area contributed by atoms with Gasteiger partial charge >= 0.3 is 0 Å². The molecule has 4 nitrogen and oxygen atoms in total. The fourth-order valence-corrected chi connectivity index (χ4v) is 3.01. The third-order valence-electron chi connectivity index (χ3n) is 3.58. The Morgan fingerprint density at radius 3 is 2.04 bits per heavy atom. The Hall–Kier alpha value is -1.56. The fourth-order valence-electron chi connectivity index (χ4n) is 2.23. The van der Waals surface area contributed by atoms with Crippen molar-refractivity contribution in [1.29, 1.82) is 0 Å². The van der Waals surface area contributed by atoms with Crippen LogP contribution in [0.1, 0.15) is 11.1 Å². The third-order valence-corrected chi connectivity index (χ3v) is 5.26. The molecule has 0 aliphatic heterocycles. The number of benzene rings is 2. The maximum atomic E-state index is 9.42. The topological polar surface area (TPSA) is 47.9 Å². The van der Waals surface area contributed by atoms with Gasteiger partial charge in [-0.25, -0.2) is 0 Å². The number of hydrogen-bond donors (Lipinski definition) is 1. The van der Waals surface area contributed by atoms with Crippen LogP contribution in [0, 0.1) is 0 Å². The van der Waals surface area contributed by atoms with Crippen molar-refractivity contribution in [3.8, 4) is 11.5 Å². The van der Waals surface area contributed by atoms with Crippen molar-refractivity contribution in [2.24, 2.45) is 0 Å². The first-order valence-electron chi connectivity index (χ1n) is 8.17. The summed E-state index contributed by atoms with van der Waals surface area (Å²) >= 11 is 24.3. The zero-order valence-corrected chi connectivity index (χ0v) is 17.8. The molecule has 2 aromatic rings. The fraction of sp³-hybridized carbons (Fsp3) is 0.200. The summed E-state index contributed by atoms with van der Waals surface area (Å²) in [5.74, 6) is 1.02. The second-order valence-corrected chi connectivity index (χ2v) is 7.00. The van der Waals surface area contributed by atoms with Gasteiger partial charge < -0.3 is 19.3 Å². The molecule has 2 aromatic carbocycles. The van der Waals surface area contributed by atoms with Crippen LogP contribution in [0.25, 0.3) is 0 Å². The van der Waals surface area contributed by atoms with Gasteiger partial charge in [-0.05, 0) is 30.3 Å². The summed E-state index contributed by atoms with van der Waals surface area (Å²) in [6.45, 7) is 4.04. The Morgan fingerprint density at radius 2 is 1.43 bits per heavy atom. The molecular weight excluding hydrogens is 446 g/mol. The lowest BCUT2D eigenvalue weighted by Crippen LogP contribution is -2.00. The van der Waals surface area contributed by atoms with Crippen molar-refractivity contribution in [3.63, 3.8) is 0 Å². The van der Waals surface area contributed by atoms with Crippen LogP contribution < -0.4 is 9.47 Å². The smallest absolute Gasteiger partial charge is 0.128 e. The maximum Gasteiger partial charge on any atom is 0.128 e. The SMILES string of the molecule is C=CCOc1ccc(Cl)c(Cl)c1COC=CCOc1ccc(Cl)c(Cl)c1CO. The number of halogens is 4. The van der Waals surface area contributed by atoms with E-state index < -0.39 is 0 Å². The Balaban J connectivity index is 1.94. The minimum Gasteiger partial charge on any atom is -0.497 e. The minimum atomic E-state index is -0.282. The Bertz CT molecular complexity index is 853. The molecule has 0 amide bonds. The van der Waals surface area contributed by atoms with Crippen LogP contribution in [0.15, 0.2) is 49.3 Å². The first-order valence-corrected chi connectivity index (χ1v) is 9.68. The molecule has 1 N–H and O–H groups in total. The summed E-state index contributed by atoms with van der Waals surface area (Å²) in [6, 6.07) is 6.63. The van der Waals surface area contributed by atoms with Crippen LogP contribution in [0.3, 0.4) is 0 Å². The molecule has 8 heteroatoms. The Morgan fingerprint density at radius 1 is 0.857 bits per heavy atom. The molecule has 0 fully saturated rings. The predicted octanol–water partition coefficient (Wildman–Crippen LogP) is 6.47. The zero-order valence-electron chi connectivity index (χ0n) is 14.8. The lowest BCUT2D eigenvalue weighted by atomic mass is 10.2. The maximum absolute atomic E-state index is 9.42. The van der Waals surface area contributed by atoms with Crippen molar-refractivity contribution in [2.45, 2.75) is 13.2 Å². The summed E-state index contributed by atoms with van der Waals surface area (Å²) in [6.07, 6.45) is 4.77. The van der Waals surface area contributed by atoms with Crippen LogP contribution in [-0.4, -0.2) is 18.3 Å². The summed E-state index contributed by atoms with van der Waals surface area (Å²) in [7, 11) is 0. The van der Waals surface area contributed by atoms with E-state index in [1.54, 1.807) is 36.4 Å². The summed E-state index contributed by atoms with van der Waals surface area (Å²) in [5, 5.41) is 10.8. The lowest BCUT2D eigenvalue weighted by molar-refractivity contribution is 0.226. The molecule has 0 aromatic heterocycles. The van der Waals surface area contributed by atoms with Gasteiger partial charge in [0.25, 0.3) is 0 Å². The van der Waals surface area contributed by atoms with E-state index in [-0.39, 0.29) is 24.8 Å². The first kappa shape index (κ1) is 22.7. The van der Waals surface area contributed by atoms with Gasteiger partial charge in [0.15, 0.2) is 0 Å². The van der Waals surface area contributed by atoms with Crippen molar-refractivity contribution in [3.05, 3.63) is 80.5 Å². The molecule has 0 saturated carbocycles. The van der Waals surface area contributed by atoms with E-state index in [2.05, 4.69) is 6.58 Å². The highest BCUT2D eigenvalue weighted by Crippen LogP contribution is 2.34. The van der Waals surface area contributed by atoms with Crippen molar-refractivity contribution in [2.75, 3.05) is 13.2 Å². The molecule has 2 rings (SSSR count). The number of hydrogen-bond acceptors (Lipinski definition) is 4. The number of aliphatic hydroxyl groups excluding tert-OH is 1. The quantitative estimate of drug-likeness (QED) is 0.324. The van der Waals surface area contributed by atoms with Gasteiger partial charge in [0.1, 0.15) is 31.3 Å². The molecule has 0 unspecified atom stereocenters. The molecule has 0 saturated heterocycles. The highest BCUT2D eigenvalue weighted by molar-refractivity contribution is 6.43. The second kappa shape index (κ2) is 11.4. The summed E-state index contributed by atoms with van der Waals surface area (Å²) < 4.78 is 16.7. The molecule has 0 heterocycles. The van der Waals surface area contributed by atoms with Crippen LogP contribution in [-0.2, 0) is 18.0 Å². The van der Waals surface area contributed by atoms with E-state index in [4.69, 9.17) is 60.6 Å². The van der Waals surface area contributed by atoms with E-state index >= 15 is 0 Å². The predicted molar refractivity (Wildman–Crippen MR) is 114 cm³/mol. The van der Waals surface area contributed by atoms with E-state index in [1.807, 2.05) is 0 Å². The van der Waals surface area contributed by atoms with Crippen molar-refractivity contribution in [1.82, 2.24) is 0 Å². The molecule has 0 bridgehead atoms. The Labute approximate surface area is 183 Å². The molecule has 0 spiro atoms. The Kier molecular flexibility index (Phi) is 9.29. The van der Waals surface area contributed by atoms with Gasteiger partial charge in [0, 0.05) is 5.56 Å². The van der Waals surface area contributed by atoms with Crippen LogP contribution in [0.5, 0.6) is 11.5 Å².